The molecule has 0 aliphatic carbocycles. The van der Waals surface area contributed by atoms with Crippen molar-refractivity contribution in [1.29, 1.82) is 0 Å². The zero-order valence-corrected chi connectivity index (χ0v) is 9.55. The van der Waals surface area contributed by atoms with Crippen molar-refractivity contribution in [1.82, 2.24) is 5.32 Å². The number of hydrogen-bond acceptors (Lipinski definition) is 3. The maximum absolute atomic E-state index is 11.7. The Balaban J connectivity index is 1.88. The molecule has 0 bridgehead atoms. The summed E-state index contributed by atoms with van der Waals surface area (Å²) in [5.41, 5.74) is 0. The summed E-state index contributed by atoms with van der Waals surface area (Å²) in [7, 11) is 0. The van der Waals surface area contributed by atoms with E-state index in [-0.39, 0.29) is 11.9 Å². The van der Waals surface area contributed by atoms with Gasteiger partial charge in [-0.15, -0.1) is 11.3 Å². The second-order valence-electron chi connectivity index (χ2n) is 3.86. The Labute approximate surface area is 93.4 Å². The summed E-state index contributed by atoms with van der Waals surface area (Å²) in [5.74, 6) is 0.498. The molecule has 1 saturated heterocycles. The molecule has 1 aromatic rings. The molecular formula is C11H15NO2S. The van der Waals surface area contributed by atoms with Crippen LogP contribution in [0.5, 0.6) is 0 Å². The van der Waals surface area contributed by atoms with Crippen LogP contribution in [-0.4, -0.2) is 25.2 Å². The van der Waals surface area contributed by atoms with Gasteiger partial charge in [0.15, 0.2) is 0 Å². The summed E-state index contributed by atoms with van der Waals surface area (Å²) in [6.45, 7) is 3.64. The molecule has 2 atom stereocenters. The van der Waals surface area contributed by atoms with Gasteiger partial charge in [0, 0.05) is 18.6 Å². The monoisotopic (exact) mass is 225 g/mol. The lowest BCUT2D eigenvalue weighted by molar-refractivity contribution is 0.0926. The van der Waals surface area contributed by atoms with Crippen molar-refractivity contribution in [2.45, 2.75) is 19.4 Å². The molecule has 0 spiro atoms. The normalized spacial score (nSPS) is 22.6. The molecule has 1 fully saturated rings. The van der Waals surface area contributed by atoms with E-state index in [2.05, 4.69) is 5.32 Å². The third kappa shape index (κ3) is 2.58. The number of carbonyl (C=O) groups excluding carboxylic acids is 1. The van der Waals surface area contributed by atoms with Crippen LogP contribution in [0, 0.1) is 5.92 Å². The lowest BCUT2D eigenvalue weighted by Crippen LogP contribution is -2.38. The highest BCUT2D eigenvalue weighted by atomic mass is 32.1. The van der Waals surface area contributed by atoms with E-state index in [9.17, 15) is 4.79 Å². The van der Waals surface area contributed by atoms with E-state index in [4.69, 9.17) is 4.74 Å². The highest BCUT2D eigenvalue weighted by molar-refractivity contribution is 7.12. The summed E-state index contributed by atoms with van der Waals surface area (Å²) in [4.78, 5) is 12.5. The quantitative estimate of drug-likeness (QED) is 0.853. The van der Waals surface area contributed by atoms with Gasteiger partial charge >= 0.3 is 0 Å². The minimum Gasteiger partial charge on any atom is -0.381 e. The molecule has 0 radical (unpaired) electrons. The van der Waals surface area contributed by atoms with Crippen LogP contribution in [0.1, 0.15) is 23.0 Å². The van der Waals surface area contributed by atoms with E-state index < -0.39 is 0 Å². The third-order valence-corrected chi connectivity index (χ3v) is 3.64. The molecule has 2 unspecified atom stereocenters. The van der Waals surface area contributed by atoms with Gasteiger partial charge in [0.1, 0.15) is 0 Å². The molecular weight excluding hydrogens is 210 g/mol. The molecule has 2 heterocycles. The van der Waals surface area contributed by atoms with Crippen molar-refractivity contribution >= 4 is 17.2 Å². The Morgan fingerprint density at radius 3 is 3.20 bits per heavy atom. The zero-order chi connectivity index (χ0) is 10.7. The second-order valence-corrected chi connectivity index (χ2v) is 4.81. The van der Waals surface area contributed by atoms with Crippen LogP contribution in [-0.2, 0) is 4.74 Å². The highest BCUT2D eigenvalue weighted by Crippen LogP contribution is 2.17. The molecule has 1 aliphatic rings. The number of nitrogens with one attached hydrogen (secondary N) is 1. The number of ether oxygens (including phenoxy) is 1. The van der Waals surface area contributed by atoms with Gasteiger partial charge in [-0.05, 0) is 24.8 Å². The topological polar surface area (TPSA) is 38.3 Å². The van der Waals surface area contributed by atoms with Crippen LogP contribution in [0.25, 0.3) is 0 Å². The minimum atomic E-state index is 0.0319. The fourth-order valence-electron chi connectivity index (χ4n) is 1.75. The van der Waals surface area contributed by atoms with Crippen LogP contribution in [0.15, 0.2) is 17.5 Å². The number of thiophene rings is 1. The fourth-order valence-corrected chi connectivity index (χ4v) is 2.38. The van der Waals surface area contributed by atoms with E-state index in [0.717, 1.165) is 24.5 Å². The van der Waals surface area contributed by atoms with E-state index in [0.29, 0.717) is 5.92 Å². The molecule has 1 aromatic heterocycles. The molecule has 0 saturated carbocycles. The average Bonchev–Trinajstić information content (AvgIpc) is 2.91. The fraction of sp³-hybridized carbons (Fsp3) is 0.545. The summed E-state index contributed by atoms with van der Waals surface area (Å²) in [6, 6.07) is 3.93. The molecule has 1 aliphatic heterocycles. The molecule has 15 heavy (non-hydrogen) atoms. The van der Waals surface area contributed by atoms with Gasteiger partial charge in [-0.2, -0.15) is 0 Å². The standard InChI is InChI=1S/C11H15NO2S/c1-8(9-4-5-14-7-9)12-11(13)10-3-2-6-15-10/h2-3,6,8-9H,4-5,7H2,1H3,(H,12,13). The van der Waals surface area contributed by atoms with E-state index in [1.54, 1.807) is 0 Å². The van der Waals surface area contributed by atoms with Crippen molar-refractivity contribution in [3.05, 3.63) is 22.4 Å². The second kappa shape index (κ2) is 4.77. The molecule has 2 rings (SSSR count). The number of amides is 1. The maximum atomic E-state index is 11.7. The van der Waals surface area contributed by atoms with Crippen molar-refractivity contribution < 1.29 is 9.53 Å². The largest absolute Gasteiger partial charge is 0.381 e. The first kappa shape index (κ1) is 10.6. The van der Waals surface area contributed by atoms with E-state index >= 15 is 0 Å². The Kier molecular flexibility index (Phi) is 3.38. The van der Waals surface area contributed by atoms with Gasteiger partial charge in [0.25, 0.3) is 5.91 Å². The van der Waals surface area contributed by atoms with Crippen LogP contribution in [0.2, 0.25) is 0 Å². The number of carbonyl (C=O) groups is 1. The van der Waals surface area contributed by atoms with Crippen molar-refractivity contribution in [2.75, 3.05) is 13.2 Å². The van der Waals surface area contributed by atoms with Crippen molar-refractivity contribution in [2.24, 2.45) is 5.92 Å². The van der Waals surface area contributed by atoms with E-state index in [1.807, 2.05) is 24.4 Å². The van der Waals surface area contributed by atoms with Crippen molar-refractivity contribution in [3.63, 3.8) is 0 Å². The third-order valence-electron chi connectivity index (χ3n) is 2.78. The Bertz CT molecular complexity index is 317. The van der Waals surface area contributed by atoms with E-state index in [1.165, 1.54) is 11.3 Å². The van der Waals surface area contributed by atoms with Gasteiger partial charge in [-0.25, -0.2) is 0 Å². The predicted octanol–water partition coefficient (Wildman–Crippen LogP) is 1.90. The number of hydrogen-bond donors (Lipinski definition) is 1. The highest BCUT2D eigenvalue weighted by Gasteiger charge is 2.23. The van der Waals surface area contributed by atoms with Gasteiger partial charge in [-0.1, -0.05) is 6.07 Å². The first-order valence-corrected chi connectivity index (χ1v) is 6.07. The smallest absolute Gasteiger partial charge is 0.261 e. The number of rotatable bonds is 3. The molecule has 4 heteroatoms. The Morgan fingerprint density at radius 2 is 2.60 bits per heavy atom. The van der Waals surface area contributed by atoms with Crippen LogP contribution in [0.4, 0.5) is 0 Å². The molecule has 3 nitrogen and oxygen atoms in total. The lowest BCUT2D eigenvalue weighted by atomic mass is 10.0. The Morgan fingerprint density at radius 1 is 1.73 bits per heavy atom. The molecule has 1 N–H and O–H groups in total. The summed E-state index contributed by atoms with van der Waals surface area (Å²) in [6.07, 6.45) is 1.05. The summed E-state index contributed by atoms with van der Waals surface area (Å²) >= 11 is 1.47. The lowest BCUT2D eigenvalue weighted by Gasteiger charge is -2.18. The van der Waals surface area contributed by atoms with Crippen LogP contribution in [0.3, 0.4) is 0 Å². The van der Waals surface area contributed by atoms with Gasteiger partial charge in [0.2, 0.25) is 0 Å². The van der Waals surface area contributed by atoms with Gasteiger partial charge in [0.05, 0.1) is 11.5 Å². The first-order chi connectivity index (χ1) is 7.27. The molecule has 1 amide bonds. The first-order valence-electron chi connectivity index (χ1n) is 5.19. The zero-order valence-electron chi connectivity index (χ0n) is 8.73. The summed E-state index contributed by atoms with van der Waals surface area (Å²) in [5, 5.41) is 4.93. The minimum absolute atomic E-state index is 0.0319. The average molecular weight is 225 g/mol. The van der Waals surface area contributed by atoms with Crippen LogP contribution >= 0.6 is 11.3 Å². The maximum Gasteiger partial charge on any atom is 0.261 e. The summed E-state index contributed by atoms with van der Waals surface area (Å²) < 4.78 is 5.30. The predicted molar refractivity (Wildman–Crippen MR) is 60.2 cm³/mol. The van der Waals surface area contributed by atoms with Crippen molar-refractivity contribution in [3.8, 4) is 0 Å². The van der Waals surface area contributed by atoms with Crippen LogP contribution < -0.4 is 5.32 Å². The molecule has 0 aromatic carbocycles. The van der Waals surface area contributed by atoms with Gasteiger partial charge < -0.3 is 10.1 Å². The molecule has 82 valence electrons. The SMILES string of the molecule is CC(NC(=O)c1cccs1)C1CCOC1. The van der Waals surface area contributed by atoms with Gasteiger partial charge in [-0.3, -0.25) is 4.79 Å². The Hall–Kier alpha value is -0.870.